The number of alkyl halides is 1. The number of aryl methyl sites for hydroxylation is 1. The highest BCUT2D eigenvalue weighted by Crippen LogP contribution is 2.25. The first-order valence-electron chi connectivity index (χ1n) is 6.28. The first-order chi connectivity index (χ1) is 9.74. The highest BCUT2D eigenvalue weighted by atomic mass is 35.5. The lowest BCUT2D eigenvalue weighted by Crippen LogP contribution is -1.99. The second-order valence-electron chi connectivity index (χ2n) is 4.60. The van der Waals surface area contributed by atoms with Crippen molar-refractivity contribution in [2.24, 2.45) is 0 Å². The monoisotopic (exact) mass is 281 g/mol. The normalized spacial score (nSPS) is 10.7. The Hall–Kier alpha value is -2.31. The van der Waals surface area contributed by atoms with Crippen LogP contribution in [0.15, 0.2) is 42.5 Å². The first-order valence-corrected chi connectivity index (χ1v) is 6.81. The summed E-state index contributed by atoms with van der Waals surface area (Å²) in [7, 11) is 0. The van der Waals surface area contributed by atoms with Gasteiger partial charge in [-0.1, -0.05) is 18.2 Å². The molecule has 1 heterocycles. The average Bonchev–Trinajstić information content (AvgIpc) is 2.87. The Morgan fingerprint density at radius 2 is 2.05 bits per heavy atom. The van der Waals surface area contributed by atoms with Crippen molar-refractivity contribution in [2.75, 3.05) is 0 Å². The van der Waals surface area contributed by atoms with Crippen molar-refractivity contribution in [1.29, 1.82) is 5.26 Å². The minimum absolute atomic E-state index is 0.324. The van der Waals surface area contributed by atoms with E-state index in [1.165, 1.54) is 0 Å². The van der Waals surface area contributed by atoms with Crippen molar-refractivity contribution >= 4 is 22.6 Å². The van der Waals surface area contributed by atoms with Gasteiger partial charge in [0, 0.05) is 5.69 Å². The maximum Gasteiger partial charge on any atom is 0.129 e. The topological polar surface area (TPSA) is 41.6 Å². The van der Waals surface area contributed by atoms with Crippen molar-refractivity contribution in [3.8, 4) is 11.8 Å². The van der Waals surface area contributed by atoms with E-state index in [1.807, 2.05) is 47.9 Å². The molecule has 1 aromatic heterocycles. The average molecular weight is 282 g/mol. The predicted octanol–water partition coefficient (Wildman–Crippen LogP) is 3.94. The largest absolute Gasteiger partial charge is 0.295 e. The van der Waals surface area contributed by atoms with E-state index in [0.717, 1.165) is 28.1 Å². The molecule has 0 saturated heterocycles. The second-order valence-corrected chi connectivity index (χ2v) is 4.87. The molecule has 0 atom stereocenters. The smallest absolute Gasteiger partial charge is 0.129 e. The molecule has 3 aromatic rings. The molecule has 3 rings (SSSR count). The van der Waals surface area contributed by atoms with Gasteiger partial charge in [-0.15, -0.1) is 11.6 Å². The van der Waals surface area contributed by atoms with E-state index < -0.39 is 0 Å². The molecular weight excluding hydrogens is 270 g/mol. The Balaban J connectivity index is 2.34. The molecule has 0 aliphatic rings. The molecular formula is C16H12ClN3. The van der Waals surface area contributed by atoms with Crippen LogP contribution in [0.1, 0.15) is 17.0 Å². The number of imidazole rings is 1. The zero-order chi connectivity index (χ0) is 14.1. The number of hydrogen-bond donors (Lipinski definition) is 0. The van der Waals surface area contributed by atoms with E-state index in [9.17, 15) is 0 Å². The Morgan fingerprint density at radius 3 is 2.80 bits per heavy atom. The Bertz CT molecular complexity index is 827. The number of hydrogen-bond acceptors (Lipinski definition) is 2. The molecule has 20 heavy (non-hydrogen) atoms. The van der Waals surface area contributed by atoms with Crippen LogP contribution in [0.5, 0.6) is 0 Å². The van der Waals surface area contributed by atoms with Crippen LogP contribution in [0.25, 0.3) is 16.7 Å². The number of fused-ring (bicyclic) bond motifs is 1. The molecule has 0 radical (unpaired) electrons. The number of rotatable bonds is 2. The van der Waals surface area contributed by atoms with Gasteiger partial charge in [0.1, 0.15) is 5.82 Å². The van der Waals surface area contributed by atoms with Crippen LogP contribution >= 0.6 is 11.6 Å². The maximum atomic E-state index is 9.04. The summed E-state index contributed by atoms with van der Waals surface area (Å²) in [5.74, 6) is 1.11. The number of benzene rings is 2. The summed E-state index contributed by atoms with van der Waals surface area (Å²) in [5.41, 5.74) is 4.61. The lowest BCUT2D eigenvalue weighted by Gasteiger charge is -2.08. The summed E-state index contributed by atoms with van der Waals surface area (Å²) in [5, 5.41) is 9.04. The summed E-state index contributed by atoms with van der Waals surface area (Å²) in [6.45, 7) is 2.03. The highest BCUT2D eigenvalue weighted by Gasteiger charge is 2.13. The van der Waals surface area contributed by atoms with Crippen LogP contribution in [-0.4, -0.2) is 9.55 Å². The molecule has 3 nitrogen and oxygen atoms in total. The molecule has 0 amide bonds. The van der Waals surface area contributed by atoms with Gasteiger partial charge in [0.25, 0.3) is 0 Å². The van der Waals surface area contributed by atoms with Gasteiger partial charge >= 0.3 is 0 Å². The fourth-order valence-electron chi connectivity index (χ4n) is 2.38. The highest BCUT2D eigenvalue weighted by molar-refractivity contribution is 6.17. The summed E-state index contributed by atoms with van der Waals surface area (Å²) >= 11 is 6.03. The Morgan fingerprint density at radius 1 is 1.25 bits per heavy atom. The zero-order valence-electron chi connectivity index (χ0n) is 11.0. The molecule has 4 heteroatoms. The molecule has 0 N–H and O–H groups in total. The predicted molar refractivity (Wildman–Crippen MR) is 80.1 cm³/mol. The van der Waals surface area contributed by atoms with Gasteiger partial charge in [-0.3, -0.25) is 4.57 Å². The third-order valence-electron chi connectivity index (χ3n) is 3.31. The van der Waals surface area contributed by atoms with Crippen LogP contribution < -0.4 is 0 Å². The summed E-state index contributed by atoms with van der Waals surface area (Å²) in [4.78, 5) is 4.61. The number of aromatic nitrogens is 2. The fraction of sp³-hybridized carbons (Fsp3) is 0.125. The van der Waals surface area contributed by atoms with Crippen LogP contribution in [0.3, 0.4) is 0 Å². The summed E-state index contributed by atoms with van der Waals surface area (Å²) in [6, 6.07) is 15.7. The van der Waals surface area contributed by atoms with Gasteiger partial charge in [-0.2, -0.15) is 5.26 Å². The molecule has 0 spiro atoms. The van der Waals surface area contributed by atoms with Crippen molar-refractivity contribution in [1.82, 2.24) is 9.55 Å². The zero-order valence-corrected chi connectivity index (χ0v) is 11.7. The van der Waals surface area contributed by atoms with Gasteiger partial charge < -0.3 is 0 Å². The maximum absolute atomic E-state index is 9.04. The fourth-order valence-corrected chi connectivity index (χ4v) is 2.56. The van der Waals surface area contributed by atoms with Crippen LogP contribution in [0.2, 0.25) is 0 Å². The van der Waals surface area contributed by atoms with Gasteiger partial charge in [0.2, 0.25) is 0 Å². The van der Waals surface area contributed by atoms with E-state index in [4.69, 9.17) is 16.9 Å². The Kier molecular flexibility index (Phi) is 3.17. The van der Waals surface area contributed by atoms with Crippen molar-refractivity contribution < 1.29 is 0 Å². The van der Waals surface area contributed by atoms with Crippen LogP contribution in [0, 0.1) is 18.3 Å². The van der Waals surface area contributed by atoms with Gasteiger partial charge in [-0.25, -0.2) is 4.98 Å². The lowest BCUT2D eigenvalue weighted by molar-refractivity contribution is 0.981. The SMILES string of the molecule is Cc1cccc2c1nc(CCl)n2-c1cccc(C#N)c1. The summed E-state index contributed by atoms with van der Waals surface area (Å²) in [6.07, 6.45) is 0. The lowest BCUT2D eigenvalue weighted by atomic mass is 10.2. The van der Waals surface area contributed by atoms with Crippen LogP contribution in [0.4, 0.5) is 0 Å². The quantitative estimate of drug-likeness (QED) is 0.668. The van der Waals surface area contributed by atoms with E-state index in [1.54, 1.807) is 6.07 Å². The van der Waals surface area contributed by atoms with Crippen molar-refractivity contribution in [3.63, 3.8) is 0 Å². The van der Waals surface area contributed by atoms with Gasteiger partial charge in [0.05, 0.1) is 28.5 Å². The standard InChI is InChI=1S/C16H12ClN3/c1-11-4-2-7-14-16(11)19-15(9-17)20(14)13-6-3-5-12(8-13)10-18/h2-8H,9H2,1H3. The molecule has 0 aliphatic heterocycles. The van der Waals surface area contributed by atoms with Crippen molar-refractivity contribution in [3.05, 3.63) is 59.4 Å². The number of nitriles is 1. The molecule has 98 valence electrons. The second kappa shape index (κ2) is 4.99. The minimum Gasteiger partial charge on any atom is -0.295 e. The molecule has 0 bridgehead atoms. The number of halogens is 1. The van der Waals surface area contributed by atoms with Crippen LogP contribution in [-0.2, 0) is 5.88 Å². The van der Waals surface area contributed by atoms with E-state index >= 15 is 0 Å². The summed E-state index contributed by atoms with van der Waals surface area (Å²) < 4.78 is 2.01. The molecule has 2 aromatic carbocycles. The third kappa shape index (κ3) is 1.95. The van der Waals surface area contributed by atoms with E-state index in [0.29, 0.717) is 11.4 Å². The van der Waals surface area contributed by atoms with Crippen molar-refractivity contribution in [2.45, 2.75) is 12.8 Å². The van der Waals surface area contributed by atoms with E-state index in [-0.39, 0.29) is 0 Å². The van der Waals surface area contributed by atoms with E-state index in [2.05, 4.69) is 11.1 Å². The number of para-hydroxylation sites is 1. The molecule has 0 unspecified atom stereocenters. The number of nitrogens with zero attached hydrogens (tertiary/aromatic N) is 3. The molecule has 0 aliphatic carbocycles. The third-order valence-corrected chi connectivity index (χ3v) is 3.55. The Labute approximate surface area is 122 Å². The minimum atomic E-state index is 0.324. The van der Waals surface area contributed by atoms with Gasteiger partial charge in [-0.05, 0) is 36.8 Å². The van der Waals surface area contributed by atoms with Gasteiger partial charge in [0.15, 0.2) is 0 Å². The molecule has 0 fully saturated rings. The first kappa shape index (κ1) is 12.7. The molecule has 0 saturated carbocycles.